The van der Waals surface area contributed by atoms with Gasteiger partial charge in [0.25, 0.3) is 0 Å². The summed E-state index contributed by atoms with van der Waals surface area (Å²) in [5.74, 6) is 0.632. The van der Waals surface area contributed by atoms with Gasteiger partial charge in [-0.2, -0.15) is 0 Å². The summed E-state index contributed by atoms with van der Waals surface area (Å²) in [5, 5.41) is 14.9. The molecule has 2 amide bonds. The standard InChI is InChI=1S/C14H15N3O2.C11H22N2O.C2H6/c1-10-6-15-8-16-14(10)12-4-2-11(3-5-12)13(7-18)17-9-19;1-8(2)10(12-4)11(14)13-7-5-6-9(13)3;1-2/h2-6,8-9,13,18H,7H2,1H3,(H,17,19);8-10,12H,5-7H2,1-4H3;1-2H3. The molecule has 194 valence electrons. The maximum Gasteiger partial charge on any atom is 0.240 e. The van der Waals surface area contributed by atoms with Crippen LogP contribution in [0.15, 0.2) is 36.8 Å². The molecule has 8 nitrogen and oxygen atoms in total. The number of aliphatic hydroxyl groups excluding tert-OH is 1. The number of likely N-dealkylation sites (N-methyl/N-ethyl adjacent to an activating group) is 1. The Hall–Kier alpha value is -2.84. The number of rotatable bonds is 8. The molecular formula is C27H43N5O3. The first-order valence-corrected chi connectivity index (χ1v) is 12.5. The zero-order valence-corrected chi connectivity index (χ0v) is 22.3. The molecule has 1 saturated heterocycles. The average molecular weight is 486 g/mol. The van der Waals surface area contributed by atoms with E-state index in [0.717, 1.165) is 41.8 Å². The zero-order chi connectivity index (χ0) is 26.4. The van der Waals surface area contributed by atoms with Gasteiger partial charge in [0.2, 0.25) is 12.3 Å². The van der Waals surface area contributed by atoms with Gasteiger partial charge in [0.05, 0.1) is 24.4 Å². The fourth-order valence-electron chi connectivity index (χ4n) is 4.09. The SMILES string of the molecule is CC.CNC(C(=O)N1CCCC1C)C(C)C.Cc1cncnc1-c1ccc(C(CO)NC=O)cc1. The lowest BCUT2D eigenvalue weighted by Crippen LogP contribution is -2.49. The largest absolute Gasteiger partial charge is 0.394 e. The number of likely N-dealkylation sites (tertiary alicyclic amines) is 1. The van der Waals surface area contributed by atoms with Crippen LogP contribution in [0.5, 0.6) is 0 Å². The third-order valence-corrected chi connectivity index (χ3v) is 6.01. The van der Waals surface area contributed by atoms with E-state index in [0.29, 0.717) is 18.4 Å². The molecule has 0 radical (unpaired) electrons. The third-order valence-electron chi connectivity index (χ3n) is 6.01. The van der Waals surface area contributed by atoms with Crippen molar-refractivity contribution in [2.24, 2.45) is 5.92 Å². The average Bonchev–Trinajstić information content (AvgIpc) is 3.30. The number of benzene rings is 1. The van der Waals surface area contributed by atoms with Crippen molar-refractivity contribution in [3.63, 3.8) is 0 Å². The molecular weight excluding hydrogens is 442 g/mol. The van der Waals surface area contributed by atoms with E-state index >= 15 is 0 Å². The molecule has 2 heterocycles. The Labute approximate surface area is 210 Å². The molecule has 0 spiro atoms. The van der Waals surface area contributed by atoms with Crippen LogP contribution in [0.4, 0.5) is 0 Å². The normalized spacial score (nSPS) is 16.4. The van der Waals surface area contributed by atoms with E-state index in [2.05, 4.69) is 41.4 Å². The van der Waals surface area contributed by atoms with Crippen molar-refractivity contribution < 1.29 is 14.7 Å². The molecule has 8 heteroatoms. The summed E-state index contributed by atoms with van der Waals surface area (Å²) in [5.41, 5.74) is 3.71. The number of amides is 2. The fraction of sp³-hybridized carbons (Fsp3) is 0.556. The molecule has 3 unspecified atom stereocenters. The highest BCUT2D eigenvalue weighted by Gasteiger charge is 2.31. The van der Waals surface area contributed by atoms with Gasteiger partial charge in [0.15, 0.2) is 0 Å². The smallest absolute Gasteiger partial charge is 0.240 e. The van der Waals surface area contributed by atoms with Gasteiger partial charge in [-0.15, -0.1) is 0 Å². The van der Waals surface area contributed by atoms with Crippen molar-refractivity contribution in [3.05, 3.63) is 47.9 Å². The van der Waals surface area contributed by atoms with Crippen molar-refractivity contribution in [2.75, 3.05) is 20.2 Å². The lowest BCUT2D eigenvalue weighted by Gasteiger charge is -2.28. The van der Waals surface area contributed by atoms with Crippen molar-refractivity contribution in [1.29, 1.82) is 0 Å². The van der Waals surface area contributed by atoms with Crippen LogP contribution < -0.4 is 10.6 Å². The van der Waals surface area contributed by atoms with Crippen molar-refractivity contribution in [1.82, 2.24) is 25.5 Å². The van der Waals surface area contributed by atoms with Gasteiger partial charge >= 0.3 is 0 Å². The minimum absolute atomic E-state index is 0.0180. The predicted molar refractivity (Wildman–Crippen MR) is 141 cm³/mol. The molecule has 2 aromatic rings. The molecule has 3 atom stereocenters. The highest BCUT2D eigenvalue weighted by molar-refractivity contribution is 5.82. The molecule has 1 fully saturated rings. The van der Waals surface area contributed by atoms with Crippen molar-refractivity contribution >= 4 is 12.3 Å². The van der Waals surface area contributed by atoms with E-state index in [4.69, 9.17) is 0 Å². The number of aliphatic hydroxyl groups is 1. The molecule has 0 bridgehead atoms. The van der Waals surface area contributed by atoms with E-state index < -0.39 is 0 Å². The van der Waals surface area contributed by atoms with Gasteiger partial charge in [-0.1, -0.05) is 52.0 Å². The zero-order valence-electron chi connectivity index (χ0n) is 22.3. The lowest BCUT2D eigenvalue weighted by atomic mass is 10.0. The molecule has 1 aliphatic heterocycles. The second kappa shape index (κ2) is 15.9. The second-order valence-electron chi connectivity index (χ2n) is 8.73. The Bertz CT molecular complexity index is 885. The first-order valence-electron chi connectivity index (χ1n) is 12.5. The van der Waals surface area contributed by atoms with Crippen molar-refractivity contribution in [3.8, 4) is 11.3 Å². The number of hydrogen-bond donors (Lipinski definition) is 3. The number of aromatic nitrogens is 2. The fourth-order valence-corrected chi connectivity index (χ4v) is 4.09. The molecule has 1 aromatic heterocycles. The molecule has 1 aliphatic rings. The molecule has 35 heavy (non-hydrogen) atoms. The summed E-state index contributed by atoms with van der Waals surface area (Å²) < 4.78 is 0. The van der Waals surface area contributed by atoms with E-state index in [-0.39, 0.29) is 24.6 Å². The first-order chi connectivity index (χ1) is 16.8. The summed E-state index contributed by atoms with van der Waals surface area (Å²) >= 11 is 0. The predicted octanol–water partition coefficient (Wildman–Crippen LogP) is 3.50. The monoisotopic (exact) mass is 485 g/mol. The van der Waals surface area contributed by atoms with Crippen LogP contribution in [0, 0.1) is 12.8 Å². The second-order valence-corrected chi connectivity index (χ2v) is 8.73. The Morgan fingerprint density at radius 1 is 1.26 bits per heavy atom. The van der Waals surface area contributed by atoms with Gasteiger partial charge in [0, 0.05) is 24.3 Å². The van der Waals surface area contributed by atoms with Crippen LogP contribution in [-0.4, -0.2) is 64.6 Å². The summed E-state index contributed by atoms with van der Waals surface area (Å²) in [7, 11) is 1.86. The number of aryl methyl sites for hydroxylation is 1. The maximum absolute atomic E-state index is 12.1. The van der Waals surface area contributed by atoms with E-state index in [1.807, 2.05) is 57.0 Å². The summed E-state index contributed by atoms with van der Waals surface area (Å²) in [4.78, 5) is 32.8. The highest BCUT2D eigenvalue weighted by Crippen LogP contribution is 2.22. The Morgan fingerprint density at radius 3 is 2.37 bits per heavy atom. The molecule has 3 rings (SSSR count). The number of nitrogens with one attached hydrogen (secondary N) is 2. The summed E-state index contributed by atoms with van der Waals surface area (Å²) in [6.45, 7) is 13.1. The van der Waals surface area contributed by atoms with Crippen LogP contribution in [-0.2, 0) is 9.59 Å². The number of carbonyl (C=O) groups is 2. The number of carbonyl (C=O) groups excluding carboxylic acids is 2. The van der Waals surface area contributed by atoms with Gasteiger partial charge < -0.3 is 20.6 Å². The molecule has 3 N–H and O–H groups in total. The minimum atomic E-state index is -0.377. The van der Waals surface area contributed by atoms with Crippen LogP contribution >= 0.6 is 0 Å². The van der Waals surface area contributed by atoms with Gasteiger partial charge in [-0.3, -0.25) is 9.59 Å². The van der Waals surface area contributed by atoms with Gasteiger partial charge in [0.1, 0.15) is 6.33 Å². The lowest BCUT2D eigenvalue weighted by molar-refractivity contribution is -0.134. The van der Waals surface area contributed by atoms with Crippen LogP contribution in [0.1, 0.15) is 64.6 Å². The first kappa shape index (κ1) is 30.2. The minimum Gasteiger partial charge on any atom is -0.394 e. The topological polar surface area (TPSA) is 107 Å². The Kier molecular flexibility index (Phi) is 13.8. The Morgan fingerprint density at radius 2 is 1.91 bits per heavy atom. The molecule has 0 saturated carbocycles. The van der Waals surface area contributed by atoms with Crippen LogP contribution in [0.3, 0.4) is 0 Å². The molecule has 1 aromatic carbocycles. The van der Waals surface area contributed by atoms with E-state index in [9.17, 15) is 14.7 Å². The van der Waals surface area contributed by atoms with Gasteiger partial charge in [-0.05, 0) is 50.8 Å². The van der Waals surface area contributed by atoms with Gasteiger partial charge in [-0.25, -0.2) is 9.97 Å². The number of nitrogens with zero attached hydrogens (tertiary/aromatic N) is 3. The highest BCUT2D eigenvalue weighted by atomic mass is 16.3. The maximum atomic E-state index is 12.1. The third kappa shape index (κ3) is 8.71. The quantitative estimate of drug-likeness (QED) is 0.494. The summed E-state index contributed by atoms with van der Waals surface area (Å²) in [6, 6.07) is 7.60. The van der Waals surface area contributed by atoms with Crippen molar-refractivity contribution in [2.45, 2.75) is 72.5 Å². The summed E-state index contributed by atoms with van der Waals surface area (Å²) in [6.07, 6.45) is 6.17. The van der Waals surface area contributed by atoms with E-state index in [1.165, 1.54) is 6.33 Å². The Balaban J connectivity index is 0.000000341. The van der Waals surface area contributed by atoms with Crippen LogP contribution in [0.2, 0.25) is 0 Å². The van der Waals surface area contributed by atoms with Crippen LogP contribution in [0.25, 0.3) is 11.3 Å². The van der Waals surface area contributed by atoms with E-state index in [1.54, 1.807) is 6.20 Å². The molecule has 0 aliphatic carbocycles. The number of hydrogen-bond acceptors (Lipinski definition) is 6.